The molecule has 0 saturated heterocycles. The highest BCUT2D eigenvalue weighted by Crippen LogP contribution is 2.16. The second kappa shape index (κ2) is 6.37. The third-order valence-electron chi connectivity index (χ3n) is 3.03. The van der Waals surface area contributed by atoms with E-state index in [0.717, 1.165) is 18.0 Å². The number of rotatable bonds is 5. The third kappa shape index (κ3) is 3.84. The van der Waals surface area contributed by atoms with Crippen molar-refractivity contribution in [2.75, 3.05) is 0 Å². The van der Waals surface area contributed by atoms with Crippen molar-refractivity contribution in [3.8, 4) is 0 Å². The first-order chi connectivity index (χ1) is 8.65. The molecule has 96 valence electrons. The van der Waals surface area contributed by atoms with Gasteiger partial charge in [-0.25, -0.2) is 0 Å². The fraction of sp³-hybridized carbons (Fsp3) is 0.333. The minimum atomic E-state index is 0.485. The molecule has 0 radical (unpaired) electrons. The molecular formula is C15H18ClNS. The summed E-state index contributed by atoms with van der Waals surface area (Å²) >= 11 is 7.78. The summed E-state index contributed by atoms with van der Waals surface area (Å²) in [5, 5.41) is 6.50. The molecule has 1 aromatic carbocycles. The lowest BCUT2D eigenvalue weighted by Gasteiger charge is -2.14. The Hall–Kier alpha value is -0.830. The molecule has 0 spiro atoms. The molecule has 3 heteroatoms. The predicted octanol–water partition coefficient (Wildman–Crippen LogP) is 4.43. The Morgan fingerprint density at radius 1 is 1.33 bits per heavy atom. The van der Waals surface area contributed by atoms with Gasteiger partial charge in [0.25, 0.3) is 0 Å². The highest BCUT2D eigenvalue weighted by atomic mass is 35.5. The van der Waals surface area contributed by atoms with E-state index in [9.17, 15) is 0 Å². The van der Waals surface area contributed by atoms with E-state index in [0.29, 0.717) is 6.04 Å². The van der Waals surface area contributed by atoms with Gasteiger partial charge in [-0.05, 0) is 55.0 Å². The molecule has 0 aliphatic heterocycles. The number of benzene rings is 1. The minimum Gasteiger partial charge on any atom is -0.310 e. The highest BCUT2D eigenvalue weighted by molar-refractivity contribution is 7.09. The summed E-state index contributed by atoms with van der Waals surface area (Å²) in [6.07, 6.45) is 1.09. The Morgan fingerprint density at radius 2 is 2.17 bits per heavy atom. The molecule has 2 rings (SSSR count). The van der Waals surface area contributed by atoms with Gasteiger partial charge < -0.3 is 5.32 Å². The minimum absolute atomic E-state index is 0.485. The molecule has 0 amide bonds. The predicted molar refractivity (Wildman–Crippen MR) is 80.5 cm³/mol. The second-order valence-corrected chi connectivity index (χ2v) is 6.10. The zero-order chi connectivity index (χ0) is 13.0. The fourth-order valence-electron chi connectivity index (χ4n) is 1.94. The van der Waals surface area contributed by atoms with Crippen molar-refractivity contribution in [1.82, 2.24) is 5.32 Å². The third-order valence-corrected chi connectivity index (χ3v) is 4.17. The molecule has 2 aromatic rings. The van der Waals surface area contributed by atoms with Crippen molar-refractivity contribution in [3.63, 3.8) is 0 Å². The van der Waals surface area contributed by atoms with E-state index in [1.807, 2.05) is 23.5 Å². The van der Waals surface area contributed by atoms with E-state index in [1.54, 1.807) is 0 Å². The Labute approximate surface area is 118 Å². The molecule has 0 fully saturated rings. The fourth-order valence-corrected chi connectivity index (χ4v) is 3.01. The molecule has 0 aliphatic carbocycles. The van der Waals surface area contributed by atoms with Gasteiger partial charge in [0.1, 0.15) is 0 Å². The number of aryl methyl sites for hydroxylation is 1. The first-order valence-corrected chi connectivity index (χ1v) is 7.41. The maximum absolute atomic E-state index is 5.96. The van der Waals surface area contributed by atoms with E-state index in [1.165, 1.54) is 16.0 Å². The van der Waals surface area contributed by atoms with Gasteiger partial charge in [-0.1, -0.05) is 23.7 Å². The van der Waals surface area contributed by atoms with Gasteiger partial charge in [-0.3, -0.25) is 0 Å². The topological polar surface area (TPSA) is 12.0 Å². The van der Waals surface area contributed by atoms with Crippen LogP contribution < -0.4 is 5.32 Å². The number of hydrogen-bond acceptors (Lipinski definition) is 2. The van der Waals surface area contributed by atoms with Gasteiger partial charge in [-0.15, -0.1) is 11.3 Å². The van der Waals surface area contributed by atoms with Crippen LogP contribution in [0.25, 0.3) is 0 Å². The Kier molecular flexibility index (Phi) is 4.81. The maximum atomic E-state index is 5.96. The molecule has 1 heterocycles. The molecule has 1 nitrogen and oxygen atoms in total. The van der Waals surface area contributed by atoms with Crippen LogP contribution in [0.3, 0.4) is 0 Å². The van der Waals surface area contributed by atoms with Crippen LogP contribution in [0, 0.1) is 6.92 Å². The van der Waals surface area contributed by atoms with Crippen molar-refractivity contribution >= 4 is 22.9 Å². The summed E-state index contributed by atoms with van der Waals surface area (Å²) in [7, 11) is 0. The quantitative estimate of drug-likeness (QED) is 0.854. The van der Waals surface area contributed by atoms with Crippen molar-refractivity contribution in [2.24, 2.45) is 0 Å². The first kappa shape index (κ1) is 13.6. The van der Waals surface area contributed by atoms with Crippen LogP contribution in [0.2, 0.25) is 5.02 Å². The van der Waals surface area contributed by atoms with Crippen LogP contribution in [0.1, 0.15) is 22.9 Å². The Morgan fingerprint density at radius 3 is 2.83 bits per heavy atom. The number of hydrogen-bond donors (Lipinski definition) is 1. The molecule has 0 saturated carbocycles. The van der Waals surface area contributed by atoms with Gasteiger partial charge in [0.05, 0.1) is 0 Å². The molecule has 1 N–H and O–H groups in total. The second-order valence-electron chi connectivity index (χ2n) is 4.64. The summed E-state index contributed by atoms with van der Waals surface area (Å²) in [6.45, 7) is 5.23. The van der Waals surface area contributed by atoms with Crippen LogP contribution in [0.5, 0.6) is 0 Å². The molecule has 18 heavy (non-hydrogen) atoms. The summed E-state index contributed by atoms with van der Waals surface area (Å²) in [5.74, 6) is 0. The number of nitrogens with one attached hydrogen (secondary N) is 1. The molecule has 1 unspecified atom stereocenters. The van der Waals surface area contributed by atoms with E-state index < -0.39 is 0 Å². The molecule has 0 bridgehead atoms. The number of thiophene rings is 1. The largest absolute Gasteiger partial charge is 0.310 e. The Balaban J connectivity index is 1.87. The van der Waals surface area contributed by atoms with Crippen LogP contribution in [-0.2, 0) is 13.0 Å². The normalized spacial score (nSPS) is 12.6. The molecule has 1 atom stereocenters. The zero-order valence-electron chi connectivity index (χ0n) is 10.7. The highest BCUT2D eigenvalue weighted by Gasteiger charge is 2.05. The van der Waals surface area contributed by atoms with E-state index in [-0.39, 0.29) is 0 Å². The summed E-state index contributed by atoms with van der Waals surface area (Å²) in [6, 6.07) is 10.9. The zero-order valence-corrected chi connectivity index (χ0v) is 12.3. The lowest BCUT2D eigenvalue weighted by molar-refractivity contribution is 0.547. The van der Waals surface area contributed by atoms with Crippen LogP contribution in [0.4, 0.5) is 0 Å². The van der Waals surface area contributed by atoms with Gasteiger partial charge in [0.2, 0.25) is 0 Å². The van der Waals surface area contributed by atoms with Crippen LogP contribution in [0.15, 0.2) is 35.7 Å². The van der Waals surface area contributed by atoms with Gasteiger partial charge in [0, 0.05) is 22.5 Å². The number of halogens is 1. The monoisotopic (exact) mass is 279 g/mol. The van der Waals surface area contributed by atoms with Crippen molar-refractivity contribution < 1.29 is 0 Å². The lowest BCUT2D eigenvalue weighted by Crippen LogP contribution is -2.27. The molecule has 1 aromatic heterocycles. The Bertz CT molecular complexity index is 493. The van der Waals surface area contributed by atoms with E-state index >= 15 is 0 Å². The van der Waals surface area contributed by atoms with Crippen LogP contribution >= 0.6 is 22.9 Å². The summed E-state index contributed by atoms with van der Waals surface area (Å²) in [5.41, 5.74) is 2.57. The standard InChI is InChI=1S/C15H18ClNS/c1-11-8-14(16)6-5-13(11)10-17-12(2)9-15-4-3-7-18-15/h3-8,12,17H,9-10H2,1-2H3. The molecule has 0 aliphatic rings. The average molecular weight is 280 g/mol. The van der Waals surface area contributed by atoms with Crippen LogP contribution in [-0.4, -0.2) is 6.04 Å². The maximum Gasteiger partial charge on any atom is 0.0408 e. The van der Waals surface area contributed by atoms with E-state index in [2.05, 4.69) is 42.7 Å². The van der Waals surface area contributed by atoms with Crippen molar-refractivity contribution in [1.29, 1.82) is 0 Å². The SMILES string of the molecule is Cc1cc(Cl)ccc1CNC(C)Cc1cccs1. The lowest BCUT2D eigenvalue weighted by atomic mass is 10.1. The first-order valence-electron chi connectivity index (χ1n) is 6.16. The summed E-state index contributed by atoms with van der Waals surface area (Å²) < 4.78 is 0. The van der Waals surface area contributed by atoms with Gasteiger partial charge in [0.15, 0.2) is 0 Å². The average Bonchev–Trinajstić information content (AvgIpc) is 2.80. The smallest absolute Gasteiger partial charge is 0.0408 e. The molecular weight excluding hydrogens is 262 g/mol. The van der Waals surface area contributed by atoms with Gasteiger partial charge >= 0.3 is 0 Å². The van der Waals surface area contributed by atoms with Crippen molar-refractivity contribution in [3.05, 3.63) is 56.7 Å². The van der Waals surface area contributed by atoms with E-state index in [4.69, 9.17) is 11.6 Å². The van der Waals surface area contributed by atoms with Gasteiger partial charge in [-0.2, -0.15) is 0 Å². The summed E-state index contributed by atoms with van der Waals surface area (Å²) in [4.78, 5) is 1.43. The van der Waals surface area contributed by atoms with Crippen molar-refractivity contribution in [2.45, 2.75) is 32.9 Å².